The number of fused-ring (bicyclic) bond motifs is 1. The van der Waals surface area contributed by atoms with Crippen molar-refractivity contribution in [1.29, 1.82) is 5.26 Å². The summed E-state index contributed by atoms with van der Waals surface area (Å²) in [6, 6.07) is 8.61. The molecule has 12 heteroatoms. The maximum Gasteiger partial charge on any atom is 0.255 e. The molecule has 188 valence electrons. The number of hydrogen-bond acceptors (Lipinski definition) is 9. The fourth-order valence-electron chi connectivity index (χ4n) is 4.08. The number of nitrogens with one attached hydrogen (secondary N) is 1. The van der Waals surface area contributed by atoms with E-state index >= 15 is 0 Å². The summed E-state index contributed by atoms with van der Waals surface area (Å²) in [6.45, 7) is 2.00. The number of rotatable bonds is 6. The van der Waals surface area contributed by atoms with Gasteiger partial charge in [0, 0.05) is 26.4 Å². The van der Waals surface area contributed by atoms with Gasteiger partial charge in [0.15, 0.2) is 11.4 Å². The summed E-state index contributed by atoms with van der Waals surface area (Å²) < 4.78 is 26.8. The van der Waals surface area contributed by atoms with E-state index in [1.807, 2.05) is 20.0 Å². The highest BCUT2D eigenvalue weighted by molar-refractivity contribution is 5.94. The predicted octanol–water partition coefficient (Wildman–Crippen LogP) is 3.28. The Bertz CT molecular complexity index is 1520. The van der Waals surface area contributed by atoms with Gasteiger partial charge in [-0.1, -0.05) is 0 Å². The summed E-state index contributed by atoms with van der Waals surface area (Å²) in [4.78, 5) is 31.6. The van der Waals surface area contributed by atoms with Crippen molar-refractivity contribution in [2.24, 2.45) is 7.05 Å². The molecular weight excluding hydrogens is 479 g/mol. The number of ether oxygens (including phenoxy) is 2. The predicted molar refractivity (Wildman–Crippen MR) is 131 cm³/mol. The molecule has 0 radical (unpaired) electrons. The normalized spacial score (nSPS) is 17.1. The minimum atomic E-state index is -1.21. The van der Waals surface area contributed by atoms with Crippen molar-refractivity contribution in [2.75, 3.05) is 25.5 Å². The Morgan fingerprint density at radius 1 is 1.22 bits per heavy atom. The number of hydrogen-bond donors (Lipinski definition) is 1. The molecule has 11 nitrogen and oxygen atoms in total. The number of halogens is 1. The summed E-state index contributed by atoms with van der Waals surface area (Å²) in [7, 11) is 3.25. The summed E-state index contributed by atoms with van der Waals surface area (Å²) in [5.74, 6) is 0.923. The van der Waals surface area contributed by atoms with Crippen LogP contribution in [0.2, 0.25) is 0 Å². The molecule has 0 bridgehead atoms. The number of amides is 1. The van der Waals surface area contributed by atoms with E-state index in [1.54, 1.807) is 35.2 Å². The van der Waals surface area contributed by atoms with Crippen molar-refractivity contribution in [2.45, 2.75) is 19.2 Å². The zero-order valence-electron chi connectivity index (χ0n) is 20.3. The van der Waals surface area contributed by atoms with Gasteiger partial charge in [-0.15, -0.1) is 0 Å². The second-order valence-corrected chi connectivity index (χ2v) is 8.64. The Hall–Kier alpha value is -4.63. The molecule has 37 heavy (non-hydrogen) atoms. The largest absolute Gasteiger partial charge is 0.437 e. The van der Waals surface area contributed by atoms with Crippen molar-refractivity contribution < 1.29 is 18.7 Å². The van der Waals surface area contributed by atoms with E-state index in [2.05, 4.69) is 25.3 Å². The van der Waals surface area contributed by atoms with Gasteiger partial charge < -0.3 is 24.3 Å². The first kappa shape index (κ1) is 24.1. The van der Waals surface area contributed by atoms with E-state index in [0.717, 1.165) is 5.56 Å². The topological polar surface area (TPSA) is 131 Å². The monoisotopic (exact) mass is 502 g/mol. The van der Waals surface area contributed by atoms with E-state index in [0.29, 0.717) is 45.6 Å². The molecule has 0 aromatic carbocycles. The summed E-state index contributed by atoms with van der Waals surface area (Å²) in [5, 5.41) is 12.3. The van der Waals surface area contributed by atoms with Gasteiger partial charge in [-0.25, -0.2) is 19.3 Å². The Morgan fingerprint density at radius 3 is 2.73 bits per heavy atom. The highest BCUT2D eigenvalue weighted by Crippen LogP contribution is 2.31. The number of pyridine rings is 3. The number of anilines is 2. The first-order valence-electron chi connectivity index (χ1n) is 11.4. The lowest BCUT2D eigenvalue weighted by Gasteiger charge is -2.16. The molecule has 2 unspecified atom stereocenters. The highest BCUT2D eigenvalue weighted by Gasteiger charge is 2.35. The van der Waals surface area contributed by atoms with Crippen LogP contribution in [0.25, 0.3) is 11.2 Å². The number of imidazole rings is 1. The molecule has 4 aromatic rings. The van der Waals surface area contributed by atoms with Gasteiger partial charge in [-0.05, 0) is 30.7 Å². The second-order valence-electron chi connectivity index (χ2n) is 8.64. The van der Waals surface area contributed by atoms with Crippen molar-refractivity contribution in [3.05, 3.63) is 59.8 Å². The Morgan fingerprint density at radius 2 is 2.05 bits per heavy atom. The van der Waals surface area contributed by atoms with Crippen LogP contribution in [-0.2, 0) is 11.8 Å². The van der Waals surface area contributed by atoms with E-state index in [9.17, 15) is 9.18 Å². The highest BCUT2D eigenvalue weighted by atomic mass is 19.1. The van der Waals surface area contributed by atoms with Crippen LogP contribution >= 0.6 is 0 Å². The Kier molecular flexibility index (Phi) is 6.37. The molecule has 0 saturated carbocycles. The fraction of sp³-hybridized carbons (Fsp3) is 0.280. The van der Waals surface area contributed by atoms with Gasteiger partial charge in [0.05, 0.1) is 36.9 Å². The first-order chi connectivity index (χ1) is 17.9. The van der Waals surface area contributed by atoms with E-state index < -0.39 is 12.3 Å². The molecule has 0 aliphatic carbocycles. The first-order valence-corrected chi connectivity index (χ1v) is 11.4. The smallest absolute Gasteiger partial charge is 0.255 e. The SMILES string of the molecule is COC1CN(C(=O)c2ccc(Nc3cc(Oc4cnc(C#N)cc4C)nc4c3ncn4C)nc2)CC1F. The lowest BCUT2D eigenvalue weighted by Crippen LogP contribution is -2.30. The maximum absolute atomic E-state index is 14.0. The van der Waals surface area contributed by atoms with Crippen LogP contribution in [0.4, 0.5) is 15.9 Å². The van der Waals surface area contributed by atoms with Crippen LogP contribution in [0.15, 0.2) is 43.0 Å². The number of nitriles is 1. The number of carbonyl (C=O) groups excluding carboxylic acids is 1. The molecule has 4 aromatic heterocycles. The number of methoxy groups -OCH3 is 1. The van der Waals surface area contributed by atoms with Crippen LogP contribution in [0.5, 0.6) is 11.6 Å². The molecule has 1 aliphatic rings. The molecule has 1 N–H and O–H groups in total. The van der Waals surface area contributed by atoms with Gasteiger partial charge >= 0.3 is 0 Å². The average Bonchev–Trinajstić information content (AvgIpc) is 3.47. The van der Waals surface area contributed by atoms with Crippen LogP contribution in [0.3, 0.4) is 0 Å². The molecular formula is C25H23FN8O3. The van der Waals surface area contributed by atoms with Crippen LogP contribution in [0, 0.1) is 18.3 Å². The molecule has 0 spiro atoms. The van der Waals surface area contributed by atoms with Crippen molar-refractivity contribution in [3.8, 4) is 17.7 Å². The fourth-order valence-corrected chi connectivity index (χ4v) is 4.08. The van der Waals surface area contributed by atoms with Crippen molar-refractivity contribution >= 4 is 28.6 Å². The Labute approximate surface area is 211 Å². The molecule has 1 saturated heterocycles. The number of aromatic nitrogens is 5. The molecule has 1 aliphatic heterocycles. The van der Waals surface area contributed by atoms with Crippen LogP contribution in [0.1, 0.15) is 21.6 Å². The number of likely N-dealkylation sites (tertiary alicyclic amines) is 1. The molecule has 1 amide bonds. The summed E-state index contributed by atoms with van der Waals surface area (Å²) >= 11 is 0. The minimum absolute atomic E-state index is 0.0109. The lowest BCUT2D eigenvalue weighted by molar-refractivity contribution is 0.0595. The summed E-state index contributed by atoms with van der Waals surface area (Å²) in [6.07, 6.45) is 2.73. The molecule has 5 heterocycles. The molecule has 2 atom stereocenters. The van der Waals surface area contributed by atoms with Gasteiger partial charge in [-0.3, -0.25) is 4.79 Å². The quantitative estimate of drug-likeness (QED) is 0.422. The molecule has 1 fully saturated rings. The third kappa shape index (κ3) is 4.76. The van der Waals surface area contributed by atoms with Crippen molar-refractivity contribution in [1.82, 2.24) is 29.4 Å². The maximum atomic E-state index is 14.0. The molecule has 5 rings (SSSR count). The van der Waals surface area contributed by atoms with Gasteiger partial charge in [0.25, 0.3) is 5.91 Å². The number of alkyl halides is 1. The zero-order valence-corrected chi connectivity index (χ0v) is 20.3. The third-order valence-corrected chi connectivity index (χ3v) is 6.10. The van der Waals surface area contributed by atoms with Crippen molar-refractivity contribution in [3.63, 3.8) is 0 Å². The number of nitrogens with zero attached hydrogens (tertiary/aromatic N) is 7. The van der Waals surface area contributed by atoms with Gasteiger partial charge in [-0.2, -0.15) is 10.2 Å². The summed E-state index contributed by atoms with van der Waals surface area (Å²) in [5.41, 5.74) is 3.15. The van der Waals surface area contributed by atoms with E-state index in [-0.39, 0.29) is 19.0 Å². The van der Waals surface area contributed by atoms with E-state index in [1.165, 1.54) is 24.4 Å². The van der Waals surface area contributed by atoms with Crippen LogP contribution in [-0.4, -0.2) is 67.8 Å². The standard InChI is InChI=1S/C25H23FN8O3/c1-14-6-16(8-27)28-10-19(14)37-22-7-18(23-24(32-22)33(2)13-30-23)31-21-5-4-15(9-29-21)25(35)34-11-17(26)20(12-34)36-3/h4-7,9-10,13,17,20H,11-12H2,1-3H3,(H,29,31,32). The lowest BCUT2D eigenvalue weighted by atomic mass is 10.2. The third-order valence-electron chi connectivity index (χ3n) is 6.10. The van der Waals surface area contributed by atoms with Crippen LogP contribution < -0.4 is 10.1 Å². The average molecular weight is 503 g/mol. The Balaban J connectivity index is 1.38. The number of carbonyl (C=O) groups is 1. The van der Waals surface area contributed by atoms with E-state index in [4.69, 9.17) is 14.7 Å². The van der Waals surface area contributed by atoms with Gasteiger partial charge in [0.2, 0.25) is 5.88 Å². The number of aryl methyl sites for hydroxylation is 2. The van der Waals surface area contributed by atoms with Gasteiger partial charge in [0.1, 0.15) is 35.4 Å². The minimum Gasteiger partial charge on any atom is -0.437 e. The second kappa shape index (κ2) is 9.79. The zero-order chi connectivity index (χ0) is 26.1.